The van der Waals surface area contributed by atoms with Gasteiger partial charge in [-0.25, -0.2) is 5.43 Å². The maximum atomic E-state index is 3.12. The number of hydrazine groups is 1. The summed E-state index contributed by atoms with van der Waals surface area (Å²) < 4.78 is 0. The van der Waals surface area contributed by atoms with Gasteiger partial charge in [-0.15, -0.1) is 0 Å². The van der Waals surface area contributed by atoms with Crippen LogP contribution in [0.4, 0.5) is 0 Å². The smallest absolute Gasteiger partial charge is 0.0315 e. The van der Waals surface area contributed by atoms with Crippen LogP contribution in [0.5, 0.6) is 0 Å². The minimum atomic E-state index is 0.969. The van der Waals surface area contributed by atoms with Crippen molar-refractivity contribution >= 4 is 0 Å². The van der Waals surface area contributed by atoms with E-state index in [4.69, 9.17) is 0 Å². The van der Waals surface area contributed by atoms with Crippen LogP contribution in [0.15, 0.2) is 23.5 Å². The number of nitrogens with one attached hydrogen (secondary N) is 3. The van der Waals surface area contributed by atoms with Crippen LogP contribution in [0.25, 0.3) is 0 Å². The summed E-state index contributed by atoms with van der Waals surface area (Å²) >= 11 is 0. The molecule has 0 aromatic rings. The Labute approximate surface area is 67.5 Å². The van der Waals surface area contributed by atoms with Gasteiger partial charge in [0, 0.05) is 25.0 Å². The Morgan fingerprint density at radius 1 is 1.55 bits per heavy atom. The Hall–Kier alpha value is -0.960. The van der Waals surface area contributed by atoms with Gasteiger partial charge in [0.1, 0.15) is 0 Å². The summed E-state index contributed by atoms with van der Waals surface area (Å²) in [5, 5.41) is 3.12. The molecule has 0 aliphatic carbocycles. The van der Waals surface area contributed by atoms with Crippen molar-refractivity contribution in [2.24, 2.45) is 0 Å². The average Bonchev–Trinajstić information content (AvgIpc) is 1.96. The van der Waals surface area contributed by atoms with Gasteiger partial charge in [-0.3, -0.25) is 0 Å². The summed E-state index contributed by atoms with van der Waals surface area (Å²) in [6, 6.07) is 0. The Bertz CT molecular complexity index is 182. The van der Waals surface area contributed by atoms with Crippen molar-refractivity contribution in [2.45, 2.75) is 13.3 Å². The van der Waals surface area contributed by atoms with Gasteiger partial charge < -0.3 is 10.7 Å². The van der Waals surface area contributed by atoms with Gasteiger partial charge >= 0.3 is 0 Å². The quantitative estimate of drug-likeness (QED) is 0.513. The zero-order valence-electron chi connectivity index (χ0n) is 7.07. The van der Waals surface area contributed by atoms with E-state index in [1.807, 2.05) is 14.0 Å². The third kappa shape index (κ3) is 2.63. The van der Waals surface area contributed by atoms with Crippen molar-refractivity contribution in [1.82, 2.24) is 16.2 Å². The van der Waals surface area contributed by atoms with Crippen LogP contribution in [0.1, 0.15) is 13.3 Å². The first-order chi connectivity index (χ1) is 5.33. The molecule has 3 N–H and O–H groups in total. The van der Waals surface area contributed by atoms with E-state index in [9.17, 15) is 0 Å². The summed E-state index contributed by atoms with van der Waals surface area (Å²) in [4.78, 5) is 0. The van der Waals surface area contributed by atoms with Crippen LogP contribution in [-0.4, -0.2) is 13.6 Å². The molecule has 0 saturated heterocycles. The molecule has 0 bridgehead atoms. The zero-order chi connectivity index (χ0) is 8.10. The van der Waals surface area contributed by atoms with Crippen molar-refractivity contribution in [3.8, 4) is 0 Å². The lowest BCUT2D eigenvalue weighted by Gasteiger charge is -2.12. The highest BCUT2D eigenvalue weighted by Gasteiger charge is 1.95. The maximum absolute atomic E-state index is 3.12. The fourth-order valence-electron chi connectivity index (χ4n) is 1.00. The molecule has 1 rings (SSSR count). The second-order valence-corrected chi connectivity index (χ2v) is 2.58. The molecule has 3 heteroatoms. The van der Waals surface area contributed by atoms with Crippen molar-refractivity contribution in [3.05, 3.63) is 23.5 Å². The van der Waals surface area contributed by atoms with E-state index in [1.165, 1.54) is 5.70 Å². The van der Waals surface area contributed by atoms with E-state index in [-0.39, 0.29) is 0 Å². The predicted molar refractivity (Wildman–Crippen MR) is 46.7 cm³/mol. The van der Waals surface area contributed by atoms with Gasteiger partial charge in [-0.1, -0.05) is 6.08 Å². The highest BCUT2D eigenvalue weighted by atomic mass is 15.4. The topological polar surface area (TPSA) is 36.1 Å². The molecule has 0 saturated carbocycles. The van der Waals surface area contributed by atoms with Gasteiger partial charge in [0.25, 0.3) is 0 Å². The Kier molecular flexibility index (Phi) is 2.98. The molecule has 0 unspecified atom stereocenters. The van der Waals surface area contributed by atoms with E-state index in [0.717, 1.165) is 18.7 Å². The Balaban J connectivity index is 2.65. The minimum Gasteiger partial charge on any atom is -0.388 e. The summed E-state index contributed by atoms with van der Waals surface area (Å²) in [5.74, 6) is 0. The molecule has 0 aromatic heterocycles. The third-order valence-electron chi connectivity index (χ3n) is 1.58. The normalized spacial score (nSPS) is 18.7. The molecule has 0 atom stereocenters. The molecule has 1 aliphatic heterocycles. The number of likely N-dealkylation sites (N-methyl/N-ethyl adjacent to an activating group) is 1. The van der Waals surface area contributed by atoms with E-state index in [1.54, 1.807) is 0 Å². The molecule has 0 amide bonds. The largest absolute Gasteiger partial charge is 0.388 e. The Morgan fingerprint density at radius 2 is 2.36 bits per heavy atom. The predicted octanol–water partition coefficient (Wildman–Crippen LogP) is 0.491. The standard InChI is InChI=1S/C8H15N3/c1-7-6-8(9-2)4-3-5-10-11-7/h4,6,9-11H,3,5H2,1-2H3. The summed E-state index contributed by atoms with van der Waals surface area (Å²) in [6.07, 6.45) is 5.30. The lowest BCUT2D eigenvalue weighted by molar-refractivity contribution is 0.598. The molecule has 62 valence electrons. The van der Waals surface area contributed by atoms with E-state index >= 15 is 0 Å². The molecular formula is C8H15N3. The average molecular weight is 153 g/mol. The van der Waals surface area contributed by atoms with Crippen molar-refractivity contribution in [3.63, 3.8) is 0 Å². The molecule has 1 aliphatic rings. The molecule has 0 spiro atoms. The second kappa shape index (κ2) is 4.03. The van der Waals surface area contributed by atoms with Gasteiger partial charge in [-0.2, -0.15) is 0 Å². The van der Waals surface area contributed by atoms with Crippen LogP contribution in [0, 0.1) is 0 Å². The van der Waals surface area contributed by atoms with E-state index < -0.39 is 0 Å². The second-order valence-electron chi connectivity index (χ2n) is 2.58. The summed E-state index contributed by atoms with van der Waals surface area (Å²) in [7, 11) is 1.94. The lowest BCUT2D eigenvalue weighted by Crippen LogP contribution is -2.32. The van der Waals surface area contributed by atoms with E-state index in [2.05, 4.69) is 28.3 Å². The fourth-order valence-corrected chi connectivity index (χ4v) is 1.00. The number of allylic oxidation sites excluding steroid dienone is 2. The fraction of sp³-hybridized carbons (Fsp3) is 0.500. The number of rotatable bonds is 1. The molecule has 11 heavy (non-hydrogen) atoms. The monoisotopic (exact) mass is 153 g/mol. The van der Waals surface area contributed by atoms with E-state index in [0.29, 0.717) is 0 Å². The minimum absolute atomic E-state index is 0.969. The molecule has 1 heterocycles. The molecular weight excluding hydrogens is 138 g/mol. The molecule has 3 nitrogen and oxygen atoms in total. The molecule has 0 aromatic carbocycles. The Morgan fingerprint density at radius 3 is 3.09 bits per heavy atom. The van der Waals surface area contributed by atoms with Gasteiger partial charge in [0.2, 0.25) is 0 Å². The van der Waals surface area contributed by atoms with Crippen molar-refractivity contribution < 1.29 is 0 Å². The summed E-state index contributed by atoms with van der Waals surface area (Å²) in [5.41, 5.74) is 8.48. The maximum Gasteiger partial charge on any atom is 0.0315 e. The van der Waals surface area contributed by atoms with Crippen LogP contribution in [0.3, 0.4) is 0 Å². The van der Waals surface area contributed by atoms with Crippen LogP contribution < -0.4 is 16.2 Å². The SMILES string of the molecule is CNC1=CCCNNC(C)=C1. The molecule has 0 radical (unpaired) electrons. The van der Waals surface area contributed by atoms with Crippen LogP contribution >= 0.6 is 0 Å². The van der Waals surface area contributed by atoms with Gasteiger partial charge in [0.05, 0.1) is 0 Å². The highest BCUT2D eigenvalue weighted by molar-refractivity contribution is 5.20. The number of hydrogen-bond donors (Lipinski definition) is 3. The first-order valence-corrected chi connectivity index (χ1v) is 3.88. The first-order valence-electron chi connectivity index (χ1n) is 3.88. The van der Waals surface area contributed by atoms with Gasteiger partial charge in [0.15, 0.2) is 0 Å². The highest BCUT2D eigenvalue weighted by Crippen LogP contribution is 1.99. The first kappa shape index (κ1) is 8.14. The third-order valence-corrected chi connectivity index (χ3v) is 1.58. The molecule has 0 fully saturated rings. The lowest BCUT2D eigenvalue weighted by atomic mass is 10.2. The van der Waals surface area contributed by atoms with Crippen molar-refractivity contribution in [2.75, 3.05) is 13.6 Å². The summed E-state index contributed by atoms with van der Waals surface area (Å²) in [6.45, 7) is 3.00. The van der Waals surface area contributed by atoms with Gasteiger partial charge in [-0.05, 0) is 19.4 Å². The number of hydrogen-bond acceptors (Lipinski definition) is 3. The van der Waals surface area contributed by atoms with Crippen molar-refractivity contribution in [1.29, 1.82) is 0 Å². The van der Waals surface area contributed by atoms with Crippen LogP contribution in [-0.2, 0) is 0 Å². The zero-order valence-corrected chi connectivity index (χ0v) is 7.07. The van der Waals surface area contributed by atoms with Crippen LogP contribution in [0.2, 0.25) is 0 Å².